The number of aliphatic carboxylic acids is 1. The molecule has 1 N–H and O–H groups in total. The molecule has 1 aromatic rings. The number of carboxylic acids is 1. The Hall–Kier alpha value is -1.42. The second kappa shape index (κ2) is 7.11. The van der Waals surface area contributed by atoms with Gasteiger partial charge in [0.25, 0.3) is 0 Å². The average Bonchev–Trinajstić information content (AvgIpc) is 2.34. The summed E-state index contributed by atoms with van der Waals surface area (Å²) in [6.45, 7) is 3.14. The Morgan fingerprint density at radius 2 is 2.06 bits per heavy atom. The van der Waals surface area contributed by atoms with Crippen molar-refractivity contribution >= 4 is 5.97 Å². The molecular weight excluding hydrogens is 233 g/mol. The molecule has 0 spiro atoms. The van der Waals surface area contributed by atoms with Gasteiger partial charge in [-0.05, 0) is 38.1 Å². The molecule has 0 heterocycles. The van der Waals surface area contributed by atoms with Crippen LogP contribution in [0.3, 0.4) is 0 Å². The molecule has 0 saturated heterocycles. The molecule has 0 aliphatic carbocycles. The fraction of sp³-hybridized carbons (Fsp3) is 0.500. The van der Waals surface area contributed by atoms with E-state index in [0.717, 1.165) is 6.54 Å². The average molecular weight is 253 g/mol. The topological polar surface area (TPSA) is 40.5 Å². The molecule has 1 rings (SSSR count). The van der Waals surface area contributed by atoms with Gasteiger partial charge in [0.05, 0.1) is 5.92 Å². The Morgan fingerprint density at radius 1 is 1.39 bits per heavy atom. The van der Waals surface area contributed by atoms with Crippen LogP contribution in [0.15, 0.2) is 24.3 Å². The van der Waals surface area contributed by atoms with E-state index in [0.29, 0.717) is 24.9 Å². The molecule has 18 heavy (non-hydrogen) atoms. The van der Waals surface area contributed by atoms with Gasteiger partial charge >= 0.3 is 5.97 Å². The van der Waals surface area contributed by atoms with Crippen LogP contribution in [-0.4, -0.2) is 36.1 Å². The van der Waals surface area contributed by atoms with Crippen LogP contribution in [0.2, 0.25) is 0 Å². The molecule has 100 valence electrons. The maximum atomic E-state index is 13.4. The minimum atomic E-state index is -0.766. The van der Waals surface area contributed by atoms with E-state index in [1.54, 1.807) is 19.1 Å². The standard InChI is InChI=1S/C14H20FNO2/c1-11(14(17)18)7-9-16(2)10-8-12-5-3-4-6-13(12)15/h3-6,11H,7-10H2,1-2H3,(H,17,18). The molecule has 1 aromatic carbocycles. The molecule has 0 radical (unpaired) electrons. The van der Waals surface area contributed by atoms with Gasteiger partial charge in [-0.15, -0.1) is 0 Å². The van der Waals surface area contributed by atoms with E-state index in [9.17, 15) is 9.18 Å². The van der Waals surface area contributed by atoms with Crippen molar-refractivity contribution in [3.63, 3.8) is 0 Å². The van der Waals surface area contributed by atoms with E-state index in [-0.39, 0.29) is 11.7 Å². The first-order chi connectivity index (χ1) is 8.50. The van der Waals surface area contributed by atoms with Crippen molar-refractivity contribution in [2.75, 3.05) is 20.1 Å². The summed E-state index contributed by atoms with van der Waals surface area (Å²) in [5.74, 6) is -1.27. The fourth-order valence-electron chi connectivity index (χ4n) is 1.66. The third-order valence-electron chi connectivity index (χ3n) is 3.09. The second-order valence-corrected chi connectivity index (χ2v) is 4.67. The summed E-state index contributed by atoms with van der Waals surface area (Å²) in [4.78, 5) is 12.7. The van der Waals surface area contributed by atoms with Crippen LogP contribution in [0.5, 0.6) is 0 Å². The summed E-state index contributed by atoms with van der Waals surface area (Å²) in [5, 5.41) is 8.77. The quantitative estimate of drug-likeness (QED) is 0.811. The fourth-order valence-corrected chi connectivity index (χ4v) is 1.66. The summed E-state index contributed by atoms with van der Waals surface area (Å²) < 4.78 is 13.4. The van der Waals surface area contributed by atoms with Crippen molar-refractivity contribution < 1.29 is 14.3 Å². The smallest absolute Gasteiger partial charge is 0.306 e. The lowest BCUT2D eigenvalue weighted by molar-refractivity contribution is -0.141. The van der Waals surface area contributed by atoms with Crippen molar-refractivity contribution in [3.8, 4) is 0 Å². The minimum Gasteiger partial charge on any atom is -0.481 e. The van der Waals surface area contributed by atoms with Gasteiger partial charge in [-0.3, -0.25) is 4.79 Å². The van der Waals surface area contributed by atoms with Gasteiger partial charge in [-0.2, -0.15) is 0 Å². The molecule has 0 amide bonds. The van der Waals surface area contributed by atoms with Crippen LogP contribution >= 0.6 is 0 Å². The number of likely N-dealkylation sites (N-methyl/N-ethyl adjacent to an activating group) is 1. The van der Waals surface area contributed by atoms with Crippen LogP contribution < -0.4 is 0 Å². The number of rotatable bonds is 7. The number of carboxylic acid groups (broad SMARTS) is 1. The molecule has 0 bridgehead atoms. The summed E-state index contributed by atoms with van der Waals surface area (Å²) in [6, 6.07) is 6.74. The largest absolute Gasteiger partial charge is 0.481 e. The molecular formula is C14H20FNO2. The molecule has 3 nitrogen and oxygen atoms in total. The number of hydrogen-bond donors (Lipinski definition) is 1. The first kappa shape index (κ1) is 14.6. The molecule has 0 saturated carbocycles. The lowest BCUT2D eigenvalue weighted by Crippen LogP contribution is -2.25. The predicted octanol–water partition coefficient (Wildman–Crippen LogP) is 2.41. The first-order valence-electron chi connectivity index (χ1n) is 6.15. The Bertz CT molecular complexity index is 395. The highest BCUT2D eigenvalue weighted by Crippen LogP contribution is 2.08. The maximum Gasteiger partial charge on any atom is 0.306 e. The lowest BCUT2D eigenvalue weighted by Gasteiger charge is -2.17. The molecule has 0 fully saturated rings. The molecule has 0 aliphatic heterocycles. The van der Waals surface area contributed by atoms with Crippen molar-refractivity contribution in [1.82, 2.24) is 4.90 Å². The van der Waals surface area contributed by atoms with Gasteiger partial charge < -0.3 is 10.0 Å². The van der Waals surface area contributed by atoms with Crippen LogP contribution in [0.1, 0.15) is 18.9 Å². The van der Waals surface area contributed by atoms with Gasteiger partial charge in [0.1, 0.15) is 5.82 Å². The highest BCUT2D eigenvalue weighted by atomic mass is 19.1. The SMILES string of the molecule is CC(CCN(C)CCc1ccccc1F)C(=O)O. The van der Waals surface area contributed by atoms with E-state index >= 15 is 0 Å². The monoisotopic (exact) mass is 253 g/mol. The van der Waals surface area contributed by atoms with E-state index in [2.05, 4.69) is 0 Å². The number of nitrogens with zero attached hydrogens (tertiary/aromatic N) is 1. The zero-order chi connectivity index (χ0) is 13.5. The zero-order valence-corrected chi connectivity index (χ0v) is 10.9. The Balaban J connectivity index is 2.31. The molecule has 1 atom stereocenters. The van der Waals surface area contributed by atoms with Gasteiger partial charge in [0, 0.05) is 6.54 Å². The van der Waals surface area contributed by atoms with Crippen LogP contribution in [0, 0.1) is 11.7 Å². The lowest BCUT2D eigenvalue weighted by atomic mass is 10.1. The predicted molar refractivity (Wildman–Crippen MR) is 69.0 cm³/mol. The van der Waals surface area contributed by atoms with Crippen molar-refractivity contribution in [2.24, 2.45) is 5.92 Å². The van der Waals surface area contributed by atoms with Gasteiger partial charge in [0.15, 0.2) is 0 Å². The highest BCUT2D eigenvalue weighted by molar-refractivity contribution is 5.69. The summed E-state index contributed by atoms with van der Waals surface area (Å²) in [7, 11) is 1.93. The van der Waals surface area contributed by atoms with E-state index < -0.39 is 5.97 Å². The molecule has 0 aromatic heterocycles. The van der Waals surface area contributed by atoms with E-state index in [4.69, 9.17) is 5.11 Å². The van der Waals surface area contributed by atoms with Gasteiger partial charge in [-0.1, -0.05) is 25.1 Å². The normalized spacial score (nSPS) is 12.7. The first-order valence-corrected chi connectivity index (χ1v) is 6.15. The third kappa shape index (κ3) is 4.84. The summed E-state index contributed by atoms with van der Waals surface area (Å²) in [5.41, 5.74) is 0.704. The number of carbonyl (C=O) groups is 1. The highest BCUT2D eigenvalue weighted by Gasteiger charge is 2.11. The van der Waals surface area contributed by atoms with Crippen LogP contribution in [0.25, 0.3) is 0 Å². The van der Waals surface area contributed by atoms with Crippen molar-refractivity contribution in [3.05, 3.63) is 35.6 Å². The van der Waals surface area contributed by atoms with E-state index in [1.165, 1.54) is 6.07 Å². The second-order valence-electron chi connectivity index (χ2n) is 4.67. The number of halogens is 1. The van der Waals surface area contributed by atoms with Crippen LogP contribution in [0.4, 0.5) is 4.39 Å². The van der Waals surface area contributed by atoms with Crippen molar-refractivity contribution in [1.29, 1.82) is 0 Å². The molecule has 1 unspecified atom stereocenters. The minimum absolute atomic E-state index is 0.176. The van der Waals surface area contributed by atoms with Crippen LogP contribution in [-0.2, 0) is 11.2 Å². The van der Waals surface area contributed by atoms with Crippen molar-refractivity contribution in [2.45, 2.75) is 19.8 Å². The Labute approximate surface area is 107 Å². The Kier molecular flexibility index (Phi) is 5.78. The number of benzene rings is 1. The summed E-state index contributed by atoms with van der Waals surface area (Å²) >= 11 is 0. The van der Waals surface area contributed by atoms with E-state index in [1.807, 2.05) is 18.0 Å². The molecule has 4 heteroatoms. The zero-order valence-electron chi connectivity index (χ0n) is 10.9. The Morgan fingerprint density at radius 3 is 2.67 bits per heavy atom. The maximum absolute atomic E-state index is 13.4. The van der Waals surface area contributed by atoms with Gasteiger partial charge in [0.2, 0.25) is 0 Å². The third-order valence-corrected chi connectivity index (χ3v) is 3.09. The summed E-state index contributed by atoms with van der Waals surface area (Å²) in [6.07, 6.45) is 1.26. The van der Waals surface area contributed by atoms with Gasteiger partial charge in [-0.25, -0.2) is 4.39 Å². The number of hydrogen-bond acceptors (Lipinski definition) is 2. The molecule has 0 aliphatic rings.